The molecule has 1 amide bonds. The number of carbonyl (C=O) groups excluding carboxylic acids is 1. The Balaban J connectivity index is 3.00. The molecule has 0 aliphatic rings. The standard InChI is InChI=1S/C12H16F2N2O/c1-3-8(6-15)16-12(17)10-9(13)5-4-7(2)11(10)14/h4-5,8H,3,6,15H2,1-2H3,(H,16,17). The van der Waals surface area contributed by atoms with Gasteiger partial charge in [-0.3, -0.25) is 4.79 Å². The molecule has 0 aliphatic carbocycles. The summed E-state index contributed by atoms with van der Waals surface area (Å²) < 4.78 is 27.0. The fraction of sp³-hybridized carbons (Fsp3) is 0.417. The van der Waals surface area contributed by atoms with Crippen LogP contribution < -0.4 is 11.1 Å². The van der Waals surface area contributed by atoms with Crippen molar-refractivity contribution in [3.05, 3.63) is 34.9 Å². The van der Waals surface area contributed by atoms with Crippen molar-refractivity contribution < 1.29 is 13.6 Å². The van der Waals surface area contributed by atoms with Crippen molar-refractivity contribution in [2.24, 2.45) is 5.73 Å². The van der Waals surface area contributed by atoms with Gasteiger partial charge in [0.15, 0.2) is 0 Å². The van der Waals surface area contributed by atoms with Crippen molar-refractivity contribution in [3.8, 4) is 0 Å². The molecule has 1 aromatic carbocycles. The van der Waals surface area contributed by atoms with Crippen LogP contribution in [0.2, 0.25) is 0 Å². The molecule has 1 aromatic rings. The first-order chi connectivity index (χ1) is 8.01. The minimum atomic E-state index is -0.863. The summed E-state index contributed by atoms with van der Waals surface area (Å²) in [5.74, 6) is -2.45. The summed E-state index contributed by atoms with van der Waals surface area (Å²) in [5, 5.41) is 2.50. The van der Waals surface area contributed by atoms with Gasteiger partial charge in [-0.25, -0.2) is 8.78 Å². The number of nitrogens with two attached hydrogens (primary N) is 1. The number of hydrogen-bond acceptors (Lipinski definition) is 2. The lowest BCUT2D eigenvalue weighted by Gasteiger charge is -2.15. The normalized spacial score (nSPS) is 12.3. The van der Waals surface area contributed by atoms with Crippen LogP contribution in [0.3, 0.4) is 0 Å². The van der Waals surface area contributed by atoms with E-state index in [1.54, 1.807) is 0 Å². The molecule has 0 radical (unpaired) electrons. The fourth-order valence-corrected chi connectivity index (χ4v) is 1.45. The Bertz CT molecular complexity index is 417. The molecule has 0 aliphatic heterocycles. The first-order valence-electron chi connectivity index (χ1n) is 5.46. The molecule has 1 unspecified atom stereocenters. The maximum absolute atomic E-state index is 13.6. The van der Waals surface area contributed by atoms with Gasteiger partial charge in [0.25, 0.3) is 5.91 Å². The van der Waals surface area contributed by atoms with Crippen LogP contribution in [0.25, 0.3) is 0 Å². The van der Waals surface area contributed by atoms with Gasteiger partial charge in [-0.1, -0.05) is 13.0 Å². The Morgan fingerprint density at radius 2 is 2.12 bits per heavy atom. The maximum atomic E-state index is 13.6. The molecule has 0 heterocycles. The van der Waals surface area contributed by atoms with E-state index in [-0.39, 0.29) is 18.2 Å². The summed E-state index contributed by atoms with van der Waals surface area (Å²) in [4.78, 5) is 11.7. The Morgan fingerprint density at radius 3 is 2.65 bits per heavy atom. The van der Waals surface area contributed by atoms with Gasteiger partial charge in [0.05, 0.1) is 0 Å². The average Bonchev–Trinajstić information content (AvgIpc) is 2.31. The van der Waals surface area contributed by atoms with E-state index in [9.17, 15) is 13.6 Å². The number of amides is 1. The third-order valence-electron chi connectivity index (χ3n) is 2.62. The number of hydrogen-bond donors (Lipinski definition) is 2. The summed E-state index contributed by atoms with van der Waals surface area (Å²) >= 11 is 0. The third-order valence-corrected chi connectivity index (χ3v) is 2.62. The van der Waals surface area contributed by atoms with Crippen molar-refractivity contribution in [2.75, 3.05) is 6.54 Å². The SMILES string of the molecule is CCC(CN)NC(=O)c1c(F)ccc(C)c1F. The summed E-state index contributed by atoms with van der Waals surface area (Å²) in [6.07, 6.45) is 0.608. The highest BCUT2D eigenvalue weighted by Gasteiger charge is 2.20. The molecule has 0 saturated carbocycles. The summed E-state index contributed by atoms with van der Waals surface area (Å²) in [6, 6.07) is 2.10. The predicted octanol–water partition coefficient (Wildman–Crippen LogP) is 1.74. The van der Waals surface area contributed by atoms with Gasteiger partial charge in [-0.15, -0.1) is 0 Å². The summed E-state index contributed by atoms with van der Waals surface area (Å²) in [6.45, 7) is 3.55. The molecule has 0 aromatic heterocycles. The van der Waals surface area contributed by atoms with Gasteiger partial charge in [0.2, 0.25) is 0 Å². The minimum Gasteiger partial charge on any atom is -0.348 e. The lowest BCUT2D eigenvalue weighted by Crippen LogP contribution is -2.40. The Hall–Kier alpha value is -1.49. The van der Waals surface area contributed by atoms with Gasteiger partial charge in [0, 0.05) is 12.6 Å². The second-order valence-corrected chi connectivity index (χ2v) is 3.87. The summed E-state index contributed by atoms with van der Waals surface area (Å²) in [7, 11) is 0. The molecule has 1 atom stereocenters. The minimum absolute atomic E-state index is 0.233. The highest BCUT2D eigenvalue weighted by Crippen LogP contribution is 2.16. The third kappa shape index (κ3) is 3.00. The second-order valence-electron chi connectivity index (χ2n) is 3.87. The van der Waals surface area contributed by atoms with Crippen LogP contribution in [0.15, 0.2) is 12.1 Å². The van der Waals surface area contributed by atoms with Crippen molar-refractivity contribution in [1.82, 2.24) is 5.32 Å². The van der Waals surface area contributed by atoms with Gasteiger partial charge >= 0.3 is 0 Å². The first kappa shape index (κ1) is 13.6. The van der Waals surface area contributed by atoms with E-state index in [1.807, 2.05) is 6.92 Å². The topological polar surface area (TPSA) is 55.1 Å². The van der Waals surface area contributed by atoms with Gasteiger partial charge < -0.3 is 11.1 Å². The zero-order valence-corrected chi connectivity index (χ0v) is 9.89. The number of rotatable bonds is 4. The first-order valence-corrected chi connectivity index (χ1v) is 5.46. The summed E-state index contributed by atoms with van der Waals surface area (Å²) in [5.41, 5.74) is 5.10. The average molecular weight is 242 g/mol. The number of carbonyl (C=O) groups is 1. The highest BCUT2D eigenvalue weighted by atomic mass is 19.1. The van der Waals surface area contributed by atoms with Crippen molar-refractivity contribution in [2.45, 2.75) is 26.3 Å². The van der Waals surface area contributed by atoms with Crippen LogP contribution in [0.4, 0.5) is 8.78 Å². The molecule has 0 saturated heterocycles. The second kappa shape index (κ2) is 5.72. The maximum Gasteiger partial charge on any atom is 0.257 e. The molecular weight excluding hydrogens is 226 g/mol. The van der Waals surface area contributed by atoms with Crippen LogP contribution in [0.1, 0.15) is 29.3 Å². The molecule has 17 heavy (non-hydrogen) atoms. The number of aryl methyl sites for hydroxylation is 1. The van der Waals surface area contributed by atoms with E-state index in [4.69, 9.17) is 5.73 Å². The molecule has 0 bridgehead atoms. The van der Waals surface area contributed by atoms with E-state index >= 15 is 0 Å². The lowest BCUT2D eigenvalue weighted by molar-refractivity contribution is 0.0928. The zero-order valence-electron chi connectivity index (χ0n) is 9.89. The molecule has 0 fully saturated rings. The van der Waals surface area contributed by atoms with Crippen molar-refractivity contribution >= 4 is 5.91 Å². The predicted molar refractivity (Wildman–Crippen MR) is 61.7 cm³/mol. The van der Waals surface area contributed by atoms with E-state index in [0.717, 1.165) is 6.07 Å². The molecule has 0 spiro atoms. The molecule has 94 valence electrons. The number of benzene rings is 1. The monoisotopic (exact) mass is 242 g/mol. The quantitative estimate of drug-likeness (QED) is 0.845. The fourth-order valence-electron chi connectivity index (χ4n) is 1.45. The molecule has 3 N–H and O–H groups in total. The largest absolute Gasteiger partial charge is 0.348 e. The van der Waals surface area contributed by atoms with Crippen LogP contribution in [0, 0.1) is 18.6 Å². The van der Waals surface area contributed by atoms with E-state index < -0.39 is 23.1 Å². The molecule has 3 nitrogen and oxygen atoms in total. The number of halogens is 2. The van der Waals surface area contributed by atoms with Gasteiger partial charge in [-0.05, 0) is 25.0 Å². The highest BCUT2D eigenvalue weighted by molar-refractivity contribution is 5.95. The Kier molecular flexibility index (Phi) is 4.57. The van der Waals surface area contributed by atoms with E-state index in [0.29, 0.717) is 6.42 Å². The molecule has 1 rings (SSSR count). The van der Waals surface area contributed by atoms with E-state index in [1.165, 1.54) is 13.0 Å². The Labute approximate surface area is 99.0 Å². The molecule has 5 heteroatoms. The Morgan fingerprint density at radius 1 is 1.47 bits per heavy atom. The van der Waals surface area contributed by atoms with Gasteiger partial charge in [0.1, 0.15) is 17.2 Å². The van der Waals surface area contributed by atoms with Crippen LogP contribution >= 0.6 is 0 Å². The zero-order chi connectivity index (χ0) is 13.0. The van der Waals surface area contributed by atoms with Crippen molar-refractivity contribution in [1.29, 1.82) is 0 Å². The lowest BCUT2D eigenvalue weighted by atomic mass is 10.1. The van der Waals surface area contributed by atoms with Gasteiger partial charge in [-0.2, -0.15) is 0 Å². The van der Waals surface area contributed by atoms with Crippen molar-refractivity contribution in [3.63, 3.8) is 0 Å². The number of nitrogens with one attached hydrogen (secondary N) is 1. The van der Waals surface area contributed by atoms with Crippen LogP contribution in [-0.2, 0) is 0 Å². The van der Waals surface area contributed by atoms with Crippen LogP contribution in [0.5, 0.6) is 0 Å². The molecular formula is C12H16F2N2O. The smallest absolute Gasteiger partial charge is 0.257 e. The van der Waals surface area contributed by atoms with E-state index in [2.05, 4.69) is 5.32 Å². The van der Waals surface area contributed by atoms with Crippen LogP contribution in [-0.4, -0.2) is 18.5 Å².